The quantitative estimate of drug-likeness (QED) is 0.256. The highest BCUT2D eigenvalue weighted by Crippen LogP contribution is 2.41. The number of hydrogen-bond acceptors (Lipinski definition) is 8. The molecule has 3 heterocycles. The van der Waals surface area contributed by atoms with Crippen molar-refractivity contribution in [2.24, 2.45) is 0 Å². The number of benzene rings is 1. The number of rotatable bonds is 9. The molecule has 0 aliphatic carbocycles. The molecule has 1 unspecified atom stereocenters. The molecule has 0 spiro atoms. The number of hydrogen-bond donors (Lipinski definition) is 2. The van der Waals surface area contributed by atoms with Crippen LogP contribution in [0.1, 0.15) is 11.3 Å². The van der Waals surface area contributed by atoms with Gasteiger partial charge in [-0.05, 0) is 35.9 Å². The molecule has 0 saturated heterocycles. The second kappa shape index (κ2) is 10.3. The molecule has 1 atom stereocenters. The van der Waals surface area contributed by atoms with E-state index in [1.807, 2.05) is 0 Å². The monoisotopic (exact) mass is 505 g/mol. The fourth-order valence-electron chi connectivity index (χ4n) is 3.08. The summed E-state index contributed by atoms with van der Waals surface area (Å²) in [5, 5.41) is 3.99. The van der Waals surface area contributed by atoms with Gasteiger partial charge in [0.15, 0.2) is 11.6 Å². The summed E-state index contributed by atoms with van der Waals surface area (Å²) >= 11 is 0. The fourth-order valence-corrected chi connectivity index (χ4v) is 3.46. The number of aromatic nitrogens is 3. The summed E-state index contributed by atoms with van der Waals surface area (Å²) in [5.74, 6) is -0.881. The second-order valence-electron chi connectivity index (χ2n) is 7.24. The Bertz CT molecular complexity index is 1400. The highest BCUT2D eigenvalue weighted by molar-refractivity contribution is 7.47. The van der Waals surface area contributed by atoms with E-state index in [1.165, 1.54) is 35.0 Å². The molecule has 3 aromatic heterocycles. The van der Waals surface area contributed by atoms with Crippen LogP contribution in [0.3, 0.4) is 0 Å². The molecule has 0 bridgehead atoms. The average Bonchev–Trinajstić information content (AvgIpc) is 3.28. The van der Waals surface area contributed by atoms with Crippen molar-refractivity contribution in [1.82, 2.24) is 10.1 Å². The van der Waals surface area contributed by atoms with Crippen molar-refractivity contribution in [2.75, 3.05) is 12.8 Å². The topological polar surface area (TPSA) is 134 Å². The first kappa shape index (κ1) is 24.4. The van der Waals surface area contributed by atoms with Crippen molar-refractivity contribution < 1.29 is 41.1 Å². The molecular weight excluding hydrogens is 485 g/mol. The van der Waals surface area contributed by atoms with Crippen molar-refractivity contribution in [3.05, 3.63) is 83.8 Å². The van der Waals surface area contributed by atoms with Crippen LogP contribution in [0.15, 0.2) is 65.4 Å². The lowest BCUT2D eigenvalue weighted by Gasteiger charge is -2.09. The molecule has 3 N–H and O–H groups in total. The molecule has 0 saturated carbocycles. The molecule has 1 aromatic carbocycles. The first-order chi connectivity index (χ1) is 16.7. The average molecular weight is 505 g/mol. The summed E-state index contributed by atoms with van der Waals surface area (Å²) in [5.41, 5.74) is 7.58. The normalized spacial score (nSPS) is 12.9. The molecule has 10 nitrogen and oxygen atoms in total. The Morgan fingerprint density at radius 3 is 2.77 bits per heavy atom. The molecule has 182 valence electrons. The Morgan fingerprint density at radius 2 is 2.03 bits per heavy atom. The Labute approximate surface area is 198 Å². The second-order valence-corrected chi connectivity index (χ2v) is 8.80. The molecule has 4 rings (SSSR count). The van der Waals surface area contributed by atoms with E-state index < -0.39 is 19.5 Å². The molecule has 0 aliphatic heterocycles. The molecule has 0 aliphatic rings. The molecule has 4 aromatic rings. The van der Waals surface area contributed by atoms with Crippen LogP contribution in [0.2, 0.25) is 0 Å². The number of anilines is 1. The number of nitrogens with zero attached hydrogens (tertiary/aromatic N) is 3. The number of ether oxygens (including phenoxy) is 1. The minimum atomic E-state index is -4.18. The SMILES string of the molecule is COP(=O)(O)OC[n+]1cccc(-c2cc(Cc3cnc(Oc4cccc(F)c4)c(F)c3)no2)c1N. The predicted molar refractivity (Wildman–Crippen MR) is 118 cm³/mol. The summed E-state index contributed by atoms with van der Waals surface area (Å²) in [6.07, 6.45) is 3.16. The number of nitrogens with two attached hydrogens (primary N) is 1. The maximum absolute atomic E-state index is 14.5. The van der Waals surface area contributed by atoms with Gasteiger partial charge in [-0.3, -0.25) is 10.3 Å². The zero-order valence-electron chi connectivity index (χ0n) is 18.3. The van der Waals surface area contributed by atoms with Crippen LogP contribution < -0.4 is 15.0 Å². The summed E-state index contributed by atoms with van der Waals surface area (Å²) in [7, 11) is -3.14. The van der Waals surface area contributed by atoms with Crippen molar-refractivity contribution in [3.63, 3.8) is 0 Å². The summed E-state index contributed by atoms with van der Waals surface area (Å²) in [6.45, 7) is -0.336. The van der Waals surface area contributed by atoms with E-state index in [0.717, 1.165) is 13.2 Å². The summed E-state index contributed by atoms with van der Waals surface area (Å²) in [4.78, 5) is 13.4. The molecule has 0 radical (unpaired) electrons. The van der Waals surface area contributed by atoms with Crippen LogP contribution in [-0.2, 0) is 26.8 Å². The van der Waals surface area contributed by atoms with Gasteiger partial charge in [-0.25, -0.2) is 27.4 Å². The summed E-state index contributed by atoms with van der Waals surface area (Å²) in [6, 6.07) is 11.5. The maximum atomic E-state index is 14.5. The summed E-state index contributed by atoms with van der Waals surface area (Å²) < 4.78 is 60.6. The first-order valence-corrected chi connectivity index (χ1v) is 11.6. The lowest BCUT2D eigenvalue weighted by molar-refractivity contribution is -0.711. The Hall–Kier alpha value is -3.70. The largest absolute Gasteiger partial charge is 0.475 e. The molecule has 13 heteroatoms. The van der Waals surface area contributed by atoms with Crippen LogP contribution in [0.5, 0.6) is 11.6 Å². The maximum Gasteiger partial charge on any atom is 0.475 e. The lowest BCUT2D eigenvalue weighted by atomic mass is 10.1. The van der Waals surface area contributed by atoms with Crippen LogP contribution in [0, 0.1) is 11.6 Å². The standard InChI is InChI=1S/C22H19F2N4O6P/c1-31-35(29,30)32-13-28-7-3-6-18(21(28)25)20-11-16(27-34-20)8-14-9-19(24)22(26-12-14)33-17-5-2-4-15(23)10-17/h2-7,9-12,25H,8,13H2,1H3,(H,29,30)/p+1. The van der Waals surface area contributed by atoms with Gasteiger partial charge in [-0.1, -0.05) is 11.2 Å². The van der Waals surface area contributed by atoms with Gasteiger partial charge in [0.25, 0.3) is 11.7 Å². The van der Waals surface area contributed by atoms with Gasteiger partial charge in [0.1, 0.15) is 17.1 Å². The number of pyridine rings is 2. The van der Waals surface area contributed by atoms with E-state index in [9.17, 15) is 18.2 Å². The highest BCUT2D eigenvalue weighted by Gasteiger charge is 2.23. The van der Waals surface area contributed by atoms with Gasteiger partial charge in [-0.15, -0.1) is 0 Å². The van der Waals surface area contributed by atoms with E-state index in [-0.39, 0.29) is 30.6 Å². The van der Waals surface area contributed by atoms with Gasteiger partial charge in [-0.2, -0.15) is 0 Å². The van der Waals surface area contributed by atoms with Gasteiger partial charge < -0.3 is 14.2 Å². The van der Waals surface area contributed by atoms with Crippen molar-refractivity contribution in [3.8, 4) is 23.0 Å². The van der Waals surface area contributed by atoms with Gasteiger partial charge in [0, 0.05) is 31.9 Å². The number of phosphoric ester groups is 1. The minimum Gasteiger partial charge on any atom is -0.436 e. The van der Waals surface area contributed by atoms with Crippen molar-refractivity contribution in [2.45, 2.75) is 13.2 Å². The van der Waals surface area contributed by atoms with Gasteiger partial charge in [0.05, 0.1) is 11.9 Å². The van der Waals surface area contributed by atoms with Crippen LogP contribution in [-0.4, -0.2) is 22.1 Å². The number of halogens is 2. The van der Waals surface area contributed by atoms with Crippen molar-refractivity contribution >= 4 is 13.6 Å². The fraction of sp³-hybridized carbons (Fsp3) is 0.136. The Kier molecular flexibility index (Phi) is 7.17. The van der Waals surface area contributed by atoms with E-state index in [2.05, 4.69) is 14.7 Å². The Morgan fingerprint density at radius 1 is 1.20 bits per heavy atom. The lowest BCUT2D eigenvalue weighted by Crippen LogP contribution is -2.38. The molecule has 35 heavy (non-hydrogen) atoms. The molecule has 0 amide bonds. The van der Waals surface area contributed by atoms with Crippen LogP contribution in [0.4, 0.5) is 14.6 Å². The van der Waals surface area contributed by atoms with E-state index in [1.54, 1.807) is 24.4 Å². The van der Waals surface area contributed by atoms with Crippen molar-refractivity contribution in [1.29, 1.82) is 0 Å². The third-order valence-corrected chi connectivity index (χ3v) is 5.69. The Balaban J connectivity index is 1.47. The molecule has 0 fully saturated rings. The third-order valence-electron chi connectivity index (χ3n) is 4.79. The van der Waals surface area contributed by atoms with Gasteiger partial charge >= 0.3 is 7.82 Å². The zero-order valence-corrected chi connectivity index (χ0v) is 19.2. The number of phosphoric acid groups is 1. The van der Waals surface area contributed by atoms with E-state index in [0.29, 0.717) is 22.6 Å². The third kappa shape index (κ3) is 6.06. The van der Waals surface area contributed by atoms with Crippen LogP contribution in [0.25, 0.3) is 11.3 Å². The minimum absolute atomic E-state index is 0.123. The van der Waals surface area contributed by atoms with E-state index in [4.69, 9.17) is 19.5 Å². The van der Waals surface area contributed by atoms with E-state index >= 15 is 0 Å². The predicted octanol–water partition coefficient (Wildman–Crippen LogP) is 3.99. The van der Waals surface area contributed by atoms with Crippen LogP contribution >= 0.6 is 7.82 Å². The van der Waals surface area contributed by atoms with Gasteiger partial charge in [0.2, 0.25) is 6.73 Å². The zero-order chi connectivity index (χ0) is 25.0. The molecular formula is C22H20F2N4O6P+. The number of nitrogen functional groups attached to an aromatic ring is 1. The smallest absolute Gasteiger partial charge is 0.436 e. The first-order valence-electron chi connectivity index (χ1n) is 10.1. The highest BCUT2D eigenvalue weighted by atomic mass is 31.2.